The maximum atomic E-state index is 12.0. The molecule has 2 heterocycles. The number of aromatic nitrogens is 2. The van der Waals surface area contributed by atoms with Gasteiger partial charge in [0.05, 0.1) is 11.3 Å². The van der Waals surface area contributed by atoms with Gasteiger partial charge in [-0.3, -0.25) is 4.79 Å². The molecule has 0 radical (unpaired) electrons. The Morgan fingerprint density at radius 2 is 2.05 bits per heavy atom. The van der Waals surface area contributed by atoms with Gasteiger partial charge in [-0.1, -0.05) is 28.1 Å². The Balaban J connectivity index is 1.91. The molecule has 0 saturated carbocycles. The highest BCUT2D eigenvalue weighted by atomic mass is 79.9. The minimum atomic E-state index is -0.00990. The van der Waals surface area contributed by atoms with E-state index < -0.39 is 0 Å². The van der Waals surface area contributed by atoms with E-state index >= 15 is 0 Å². The average Bonchev–Trinajstić information content (AvgIpc) is 2.42. The molecule has 98 valence electrons. The molecule has 0 amide bonds. The molecule has 19 heavy (non-hydrogen) atoms. The van der Waals surface area contributed by atoms with Crippen molar-refractivity contribution in [3.8, 4) is 0 Å². The number of rotatable bonds is 2. The fourth-order valence-corrected chi connectivity index (χ4v) is 2.55. The number of H-pyrrole nitrogens is 1. The van der Waals surface area contributed by atoms with Crippen LogP contribution < -0.4 is 10.9 Å². The van der Waals surface area contributed by atoms with Gasteiger partial charge in [0.1, 0.15) is 5.82 Å². The van der Waals surface area contributed by atoms with Gasteiger partial charge in [-0.05, 0) is 17.7 Å². The van der Waals surface area contributed by atoms with Crippen molar-refractivity contribution in [2.45, 2.75) is 19.4 Å². The summed E-state index contributed by atoms with van der Waals surface area (Å²) in [6.07, 6.45) is 1.48. The molecule has 1 aromatic heterocycles. The van der Waals surface area contributed by atoms with Crippen molar-refractivity contribution >= 4 is 15.9 Å². The van der Waals surface area contributed by atoms with Crippen LogP contribution in [0.2, 0.25) is 0 Å². The van der Waals surface area contributed by atoms with Gasteiger partial charge in [-0.25, -0.2) is 4.98 Å². The number of hydrogen-bond donors (Lipinski definition) is 2. The lowest BCUT2D eigenvalue weighted by Crippen LogP contribution is -2.32. The first-order chi connectivity index (χ1) is 9.22. The van der Waals surface area contributed by atoms with Gasteiger partial charge in [0.2, 0.25) is 0 Å². The van der Waals surface area contributed by atoms with E-state index in [1.807, 2.05) is 24.3 Å². The minimum absolute atomic E-state index is 0.00990. The first kappa shape index (κ1) is 12.6. The van der Waals surface area contributed by atoms with Crippen LogP contribution in [-0.2, 0) is 19.4 Å². The van der Waals surface area contributed by atoms with Crippen molar-refractivity contribution < 1.29 is 0 Å². The first-order valence-electron chi connectivity index (χ1n) is 6.28. The Morgan fingerprint density at radius 3 is 2.84 bits per heavy atom. The van der Waals surface area contributed by atoms with Crippen molar-refractivity contribution in [1.82, 2.24) is 15.3 Å². The van der Waals surface area contributed by atoms with Crippen LogP contribution in [0, 0.1) is 0 Å². The molecule has 0 spiro atoms. The van der Waals surface area contributed by atoms with E-state index in [-0.39, 0.29) is 5.56 Å². The van der Waals surface area contributed by atoms with E-state index in [2.05, 4.69) is 31.2 Å². The largest absolute Gasteiger partial charge is 0.312 e. The van der Waals surface area contributed by atoms with Gasteiger partial charge in [0.15, 0.2) is 0 Å². The molecule has 0 aliphatic carbocycles. The summed E-state index contributed by atoms with van der Waals surface area (Å²) in [5.74, 6) is 0.743. The highest BCUT2D eigenvalue weighted by molar-refractivity contribution is 9.10. The molecule has 1 aliphatic heterocycles. The Morgan fingerprint density at radius 1 is 1.26 bits per heavy atom. The molecule has 1 aliphatic rings. The fraction of sp³-hybridized carbons (Fsp3) is 0.286. The molecule has 3 rings (SSSR count). The van der Waals surface area contributed by atoms with Crippen molar-refractivity contribution in [2.75, 3.05) is 6.54 Å². The highest BCUT2D eigenvalue weighted by Crippen LogP contribution is 2.13. The Hall–Kier alpha value is -1.46. The van der Waals surface area contributed by atoms with Crippen molar-refractivity contribution in [3.05, 3.63) is 61.7 Å². The third-order valence-electron chi connectivity index (χ3n) is 3.28. The summed E-state index contributed by atoms with van der Waals surface area (Å²) in [6, 6.07) is 8.06. The Kier molecular flexibility index (Phi) is 3.48. The summed E-state index contributed by atoms with van der Waals surface area (Å²) in [7, 11) is 0. The van der Waals surface area contributed by atoms with E-state index in [0.29, 0.717) is 13.0 Å². The smallest absolute Gasteiger partial charge is 0.255 e. The number of benzene rings is 1. The lowest BCUT2D eigenvalue weighted by molar-refractivity contribution is 0.615. The summed E-state index contributed by atoms with van der Waals surface area (Å²) in [6.45, 7) is 1.51. The van der Waals surface area contributed by atoms with Crippen LogP contribution in [-0.4, -0.2) is 16.5 Å². The fourth-order valence-electron chi connectivity index (χ4n) is 2.28. The normalized spacial score (nSPS) is 14.2. The molecule has 0 unspecified atom stereocenters. The predicted molar refractivity (Wildman–Crippen MR) is 77.2 cm³/mol. The van der Waals surface area contributed by atoms with Crippen molar-refractivity contribution in [3.63, 3.8) is 0 Å². The molecule has 2 aromatic rings. The van der Waals surface area contributed by atoms with Gasteiger partial charge in [-0.15, -0.1) is 0 Å². The third kappa shape index (κ3) is 2.77. The van der Waals surface area contributed by atoms with Gasteiger partial charge in [-0.2, -0.15) is 0 Å². The van der Waals surface area contributed by atoms with Crippen LogP contribution in [0.3, 0.4) is 0 Å². The summed E-state index contributed by atoms with van der Waals surface area (Å²) in [5, 5.41) is 3.19. The zero-order valence-electron chi connectivity index (χ0n) is 10.4. The third-order valence-corrected chi connectivity index (χ3v) is 3.80. The number of nitrogens with one attached hydrogen (secondary N) is 2. The van der Waals surface area contributed by atoms with Gasteiger partial charge in [0, 0.05) is 30.4 Å². The van der Waals surface area contributed by atoms with Crippen LogP contribution >= 0.6 is 15.9 Å². The maximum absolute atomic E-state index is 12.0. The van der Waals surface area contributed by atoms with Crippen LogP contribution in [0.5, 0.6) is 0 Å². The van der Waals surface area contributed by atoms with Crippen LogP contribution in [0.25, 0.3) is 0 Å². The predicted octanol–water partition coefficient (Wildman–Crippen LogP) is 1.77. The van der Waals surface area contributed by atoms with Crippen LogP contribution in [0.1, 0.15) is 22.6 Å². The topological polar surface area (TPSA) is 57.8 Å². The van der Waals surface area contributed by atoms with Crippen molar-refractivity contribution in [2.24, 2.45) is 0 Å². The second kappa shape index (κ2) is 5.27. The molecular weight excluding hydrogens is 306 g/mol. The molecule has 0 bridgehead atoms. The minimum Gasteiger partial charge on any atom is -0.312 e. The molecule has 5 heteroatoms. The molecule has 0 atom stereocenters. The van der Waals surface area contributed by atoms with Gasteiger partial charge in [0.25, 0.3) is 5.56 Å². The zero-order valence-corrected chi connectivity index (χ0v) is 12.0. The maximum Gasteiger partial charge on any atom is 0.255 e. The van der Waals surface area contributed by atoms with E-state index in [1.54, 1.807) is 0 Å². The quantitative estimate of drug-likeness (QED) is 0.887. The van der Waals surface area contributed by atoms with Crippen LogP contribution in [0.15, 0.2) is 33.5 Å². The number of hydrogen-bond acceptors (Lipinski definition) is 3. The number of aromatic amines is 1. The zero-order chi connectivity index (χ0) is 13.2. The lowest BCUT2D eigenvalue weighted by Gasteiger charge is -2.15. The monoisotopic (exact) mass is 319 g/mol. The second-order valence-corrected chi connectivity index (χ2v) is 5.58. The molecule has 1 aromatic carbocycles. The number of halogens is 1. The van der Waals surface area contributed by atoms with Gasteiger partial charge < -0.3 is 10.3 Å². The van der Waals surface area contributed by atoms with E-state index in [0.717, 1.165) is 40.1 Å². The molecule has 2 N–H and O–H groups in total. The average molecular weight is 320 g/mol. The van der Waals surface area contributed by atoms with Crippen LogP contribution in [0.4, 0.5) is 0 Å². The SMILES string of the molecule is O=c1[nH]c(Cc2ccc(Br)cc2)nc2c1CNCC2. The summed E-state index contributed by atoms with van der Waals surface area (Å²) in [4.78, 5) is 19.5. The number of nitrogens with zero attached hydrogens (tertiary/aromatic N) is 1. The number of fused-ring (bicyclic) bond motifs is 1. The second-order valence-electron chi connectivity index (χ2n) is 4.67. The van der Waals surface area contributed by atoms with E-state index in [1.165, 1.54) is 0 Å². The highest BCUT2D eigenvalue weighted by Gasteiger charge is 2.15. The lowest BCUT2D eigenvalue weighted by atomic mass is 10.1. The van der Waals surface area contributed by atoms with Gasteiger partial charge >= 0.3 is 0 Å². The molecule has 0 fully saturated rings. The first-order valence-corrected chi connectivity index (χ1v) is 7.08. The summed E-state index contributed by atoms with van der Waals surface area (Å²) < 4.78 is 1.05. The Labute approximate surface area is 119 Å². The molecular formula is C14H14BrN3O. The van der Waals surface area contributed by atoms with E-state index in [9.17, 15) is 4.79 Å². The van der Waals surface area contributed by atoms with E-state index in [4.69, 9.17) is 0 Å². The molecule has 0 saturated heterocycles. The Bertz CT molecular complexity index is 649. The summed E-state index contributed by atoms with van der Waals surface area (Å²) in [5.41, 5.74) is 2.85. The molecule has 4 nitrogen and oxygen atoms in total. The standard InChI is InChI=1S/C14H14BrN3O/c15-10-3-1-9(2-4-10)7-13-17-12-5-6-16-8-11(12)14(19)18-13/h1-4,16H,5-8H2,(H,17,18,19). The van der Waals surface area contributed by atoms with Crippen molar-refractivity contribution in [1.29, 1.82) is 0 Å². The summed E-state index contributed by atoms with van der Waals surface area (Å²) >= 11 is 3.41.